The first kappa shape index (κ1) is 15.4. The van der Waals surface area contributed by atoms with Crippen LogP contribution in [0.5, 0.6) is 5.75 Å². The molecular formula is C19H18BrN3O. The van der Waals surface area contributed by atoms with Crippen LogP contribution >= 0.6 is 15.9 Å². The normalized spacial score (nSPS) is 16.5. The largest absolute Gasteiger partial charge is 0.493 e. The van der Waals surface area contributed by atoms with Gasteiger partial charge < -0.3 is 4.74 Å². The van der Waals surface area contributed by atoms with E-state index in [1.807, 2.05) is 29.1 Å². The molecule has 1 aliphatic heterocycles. The fraction of sp³-hybridized carbons (Fsp3) is 0.263. The molecule has 0 saturated heterocycles. The van der Waals surface area contributed by atoms with Crippen LogP contribution in [-0.2, 0) is 0 Å². The van der Waals surface area contributed by atoms with E-state index in [4.69, 9.17) is 4.74 Å². The van der Waals surface area contributed by atoms with Crippen LogP contribution in [0.15, 0.2) is 47.1 Å². The van der Waals surface area contributed by atoms with Crippen LogP contribution in [0, 0.1) is 13.8 Å². The minimum atomic E-state index is 0.167. The number of benzene rings is 2. The third-order valence-corrected chi connectivity index (χ3v) is 4.89. The molecule has 2 aromatic carbocycles. The van der Waals surface area contributed by atoms with Gasteiger partial charge in [-0.2, -0.15) is 0 Å². The van der Waals surface area contributed by atoms with Crippen LogP contribution in [0.1, 0.15) is 29.2 Å². The average molecular weight is 384 g/mol. The summed E-state index contributed by atoms with van der Waals surface area (Å²) in [6.07, 6.45) is 2.93. The van der Waals surface area contributed by atoms with Crippen LogP contribution in [0.25, 0.3) is 11.3 Å². The quantitative estimate of drug-likeness (QED) is 0.643. The van der Waals surface area contributed by atoms with Crippen LogP contribution in [0.3, 0.4) is 0 Å². The van der Waals surface area contributed by atoms with Crippen LogP contribution < -0.4 is 4.74 Å². The number of hydrogen-bond acceptors (Lipinski definition) is 3. The number of nitrogens with zero attached hydrogens (tertiary/aromatic N) is 3. The van der Waals surface area contributed by atoms with Gasteiger partial charge in [0.2, 0.25) is 0 Å². The molecule has 1 aromatic heterocycles. The SMILES string of the molecule is Cc1cc(C)c2c(c1)[C@H](n1cc(-c3cccc(Br)c3)nn1)CCO2. The molecule has 2 heterocycles. The van der Waals surface area contributed by atoms with E-state index in [1.54, 1.807) is 0 Å². The Bertz CT molecular complexity index is 903. The van der Waals surface area contributed by atoms with Crippen molar-refractivity contribution in [2.24, 2.45) is 0 Å². The van der Waals surface area contributed by atoms with Gasteiger partial charge in [0.05, 0.1) is 18.8 Å². The van der Waals surface area contributed by atoms with E-state index in [0.717, 1.165) is 27.9 Å². The zero-order valence-corrected chi connectivity index (χ0v) is 15.2. The Kier molecular flexibility index (Phi) is 3.88. The van der Waals surface area contributed by atoms with Crippen molar-refractivity contribution in [3.63, 3.8) is 0 Å². The molecule has 24 heavy (non-hydrogen) atoms. The smallest absolute Gasteiger partial charge is 0.127 e. The minimum Gasteiger partial charge on any atom is -0.493 e. The Morgan fingerprint density at radius 1 is 1.21 bits per heavy atom. The highest BCUT2D eigenvalue weighted by molar-refractivity contribution is 9.10. The summed E-state index contributed by atoms with van der Waals surface area (Å²) in [6.45, 7) is 4.92. The van der Waals surface area contributed by atoms with Gasteiger partial charge in [-0.1, -0.05) is 51.0 Å². The first-order valence-corrected chi connectivity index (χ1v) is 8.83. The number of aryl methyl sites for hydroxylation is 2. The molecule has 0 aliphatic carbocycles. The summed E-state index contributed by atoms with van der Waals surface area (Å²) in [5.41, 5.74) is 5.57. The summed E-state index contributed by atoms with van der Waals surface area (Å²) >= 11 is 3.51. The highest BCUT2D eigenvalue weighted by Gasteiger charge is 2.26. The fourth-order valence-electron chi connectivity index (χ4n) is 3.34. The molecule has 0 amide bonds. The maximum absolute atomic E-state index is 5.90. The van der Waals surface area contributed by atoms with Gasteiger partial charge in [-0.3, -0.25) is 0 Å². The van der Waals surface area contributed by atoms with Crippen LogP contribution in [0.4, 0.5) is 0 Å². The standard InChI is InChI=1S/C19H18BrN3O/c1-12-8-13(2)19-16(9-12)18(6-7-24-19)23-11-17(21-22-23)14-4-3-5-15(20)10-14/h3-5,8-11,18H,6-7H2,1-2H3/t18-/m1/s1. The highest BCUT2D eigenvalue weighted by Crippen LogP contribution is 2.38. The summed E-state index contributed by atoms with van der Waals surface area (Å²) in [6, 6.07) is 12.7. The van der Waals surface area contributed by atoms with Crippen molar-refractivity contribution in [1.29, 1.82) is 0 Å². The number of rotatable bonds is 2. The fourth-order valence-corrected chi connectivity index (χ4v) is 3.74. The molecule has 3 aromatic rings. The van der Waals surface area contributed by atoms with Crippen LogP contribution in [0.2, 0.25) is 0 Å². The molecule has 122 valence electrons. The molecular weight excluding hydrogens is 366 g/mol. The zero-order chi connectivity index (χ0) is 16.7. The third-order valence-electron chi connectivity index (χ3n) is 4.39. The van der Waals surface area contributed by atoms with E-state index in [1.165, 1.54) is 16.7 Å². The van der Waals surface area contributed by atoms with Crippen molar-refractivity contribution >= 4 is 15.9 Å². The monoisotopic (exact) mass is 383 g/mol. The molecule has 1 aliphatic rings. The van der Waals surface area contributed by atoms with Gasteiger partial charge in [0, 0.05) is 22.0 Å². The van der Waals surface area contributed by atoms with Crippen molar-refractivity contribution in [1.82, 2.24) is 15.0 Å². The van der Waals surface area contributed by atoms with E-state index in [2.05, 4.69) is 58.3 Å². The van der Waals surface area contributed by atoms with Gasteiger partial charge in [0.1, 0.15) is 11.4 Å². The van der Waals surface area contributed by atoms with E-state index in [-0.39, 0.29) is 6.04 Å². The molecule has 4 rings (SSSR count). The topological polar surface area (TPSA) is 39.9 Å². The molecule has 0 radical (unpaired) electrons. The Morgan fingerprint density at radius 3 is 2.92 bits per heavy atom. The molecule has 0 unspecified atom stereocenters. The Labute approximate surface area is 149 Å². The third kappa shape index (κ3) is 2.73. The number of fused-ring (bicyclic) bond motifs is 1. The average Bonchev–Trinajstić information content (AvgIpc) is 3.04. The van der Waals surface area contributed by atoms with Gasteiger partial charge >= 0.3 is 0 Å². The summed E-state index contributed by atoms with van der Waals surface area (Å²) in [5.74, 6) is 0.997. The van der Waals surface area contributed by atoms with Crippen molar-refractivity contribution in [3.05, 3.63) is 63.8 Å². The maximum atomic E-state index is 5.90. The summed E-state index contributed by atoms with van der Waals surface area (Å²) in [7, 11) is 0. The summed E-state index contributed by atoms with van der Waals surface area (Å²) in [4.78, 5) is 0. The lowest BCUT2D eigenvalue weighted by Gasteiger charge is -2.27. The first-order valence-electron chi connectivity index (χ1n) is 8.03. The van der Waals surface area contributed by atoms with Gasteiger partial charge in [-0.15, -0.1) is 5.10 Å². The molecule has 0 spiro atoms. The second-order valence-electron chi connectivity index (χ2n) is 6.25. The number of ether oxygens (including phenoxy) is 1. The second kappa shape index (κ2) is 6.06. The molecule has 0 N–H and O–H groups in total. The second-order valence-corrected chi connectivity index (χ2v) is 7.16. The molecule has 4 nitrogen and oxygen atoms in total. The lowest BCUT2D eigenvalue weighted by atomic mass is 9.96. The predicted octanol–water partition coefficient (Wildman–Crippen LogP) is 4.70. The predicted molar refractivity (Wildman–Crippen MR) is 97.3 cm³/mol. The van der Waals surface area contributed by atoms with Crippen molar-refractivity contribution in [2.75, 3.05) is 6.61 Å². The first-order chi connectivity index (χ1) is 11.6. The van der Waals surface area contributed by atoms with Crippen molar-refractivity contribution in [3.8, 4) is 17.0 Å². The molecule has 0 saturated carbocycles. The zero-order valence-electron chi connectivity index (χ0n) is 13.7. The number of aromatic nitrogens is 3. The number of hydrogen-bond donors (Lipinski definition) is 0. The summed E-state index contributed by atoms with van der Waals surface area (Å²) < 4.78 is 8.91. The Morgan fingerprint density at radius 2 is 2.08 bits per heavy atom. The summed E-state index contributed by atoms with van der Waals surface area (Å²) in [5, 5.41) is 8.77. The van der Waals surface area contributed by atoms with E-state index in [0.29, 0.717) is 6.61 Å². The van der Waals surface area contributed by atoms with Crippen molar-refractivity contribution < 1.29 is 4.74 Å². The minimum absolute atomic E-state index is 0.167. The molecule has 5 heteroatoms. The maximum Gasteiger partial charge on any atom is 0.127 e. The van der Waals surface area contributed by atoms with E-state index in [9.17, 15) is 0 Å². The molecule has 0 bridgehead atoms. The molecule has 1 atom stereocenters. The van der Waals surface area contributed by atoms with Crippen LogP contribution in [-0.4, -0.2) is 21.6 Å². The lowest BCUT2D eigenvalue weighted by Crippen LogP contribution is -2.21. The van der Waals surface area contributed by atoms with Crippen molar-refractivity contribution in [2.45, 2.75) is 26.3 Å². The van der Waals surface area contributed by atoms with Gasteiger partial charge in [0.15, 0.2) is 0 Å². The Balaban J connectivity index is 1.74. The van der Waals surface area contributed by atoms with E-state index >= 15 is 0 Å². The van der Waals surface area contributed by atoms with Gasteiger partial charge in [-0.05, 0) is 31.5 Å². The van der Waals surface area contributed by atoms with Gasteiger partial charge in [0.25, 0.3) is 0 Å². The Hall–Kier alpha value is -2.14. The lowest BCUT2D eigenvalue weighted by molar-refractivity contribution is 0.247. The number of halogens is 1. The van der Waals surface area contributed by atoms with Gasteiger partial charge in [-0.25, -0.2) is 4.68 Å². The van der Waals surface area contributed by atoms with E-state index < -0.39 is 0 Å². The molecule has 0 fully saturated rings. The highest BCUT2D eigenvalue weighted by atomic mass is 79.9.